The van der Waals surface area contributed by atoms with Crippen molar-refractivity contribution in [1.29, 1.82) is 0 Å². The van der Waals surface area contributed by atoms with Crippen molar-refractivity contribution in [2.24, 2.45) is 5.92 Å². The number of benzene rings is 2. The Labute approximate surface area is 219 Å². The first-order valence-corrected chi connectivity index (χ1v) is 13.5. The van der Waals surface area contributed by atoms with Crippen LogP contribution in [0.4, 0.5) is 5.13 Å². The Balaban J connectivity index is 1.40. The van der Waals surface area contributed by atoms with Crippen LogP contribution in [0.25, 0.3) is 11.3 Å². The summed E-state index contributed by atoms with van der Waals surface area (Å²) < 4.78 is 13.3. The molecule has 0 fully saturated rings. The first-order valence-electron chi connectivity index (χ1n) is 11.6. The second-order valence-corrected chi connectivity index (χ2v) is 10.3. The molecule has 1 atom stereocenters. The summed E-state index contributed by atoms with van der Waals surface area (Å²) in [5.41, 5.74) is 1.86. The van der Waals surface area contributed by atoms with Crippen molar-refractivity contribution >= 4 is 34.1 Å². The number of carbonyl (C=O) groups is 1. The lowest BCUT2D eigenvalue weighted by molar-refractivity contribution is -0.113. The molecule has 2 heterocycles. The predicted molar refractivity (Wildman–Crippen MR) is 144 cm³/mol. The number of rotatable bonds is 11. The Hall–Kier alpha value is -3.37. The highest BCUT2D eigenvalue weighted by atomic mass is 32.2. The summed E-state index contributed by atoms with van der Waals surface area (Å²) in [6.45, 7) is 6.92. The Morgan fingerprint density at radius 2 is 1.78 bits per heavy atom. The van der Waals surface area contributed by atoms with E-state index in [0.717, 1.165) is 29.4 Å². The maximum Gasteiger partial charge on any atom is 0.236 e. The van der Waals surface area contributed by atoms with Gasteiger partial charge in [-0.15, -0.1) is 21.5 Å². The minimum atomic E-state index is -0.320. The molecule has 0 aliphatic rings. The fraction of sp³-hybridized carbons (Fsp3) is 0.308. The molecule has 0 aliphatic carbocycles. The molecule has 4 rings (SSSR count). The standard InChI is InChI=1S/C26H29N5O3S2/c1-17(2)14-31-24(18(3)34-21-12-10-20(33-4)11-13-21)29-30-26(31)36-16-23(32)28-25-27-22(15-35-25)19-8-6-5-7-9-19/h5-13,15,17-18H,14,16H2,1-4H3,(H,27,28,32). The van der Waals surface area contributed by atoms with Crippen LogP contribution in [0.5, 0.6) is 11.5 Å². The van der Waals surface area contributed by atoms with E-state index in [0.29, 0.717) is 22.0 Å². The zero-order chi connectivity index (χ0) is 25.5. The topological polar surface area (TPSA) is 91.2 Å². The SMILES string of the molecule is COc1ccc(OC(C)c2nnc(SCC(=O)Nc3nc(-c4ccccc4)cs3)n2CC(C)C)cc1. The van der Waals surface area contributed by atoms with Gasteiger partial charge in [-0.25, -0.2) is 4.98 Å². The van der Waals surface area contributed by atoms with Crippen LogP contribution in [0.1, 0.15) is 32.7 Å². The molecule has 0 spiro atoms. The number of amides is 1. The van der Waals surface area contributed by atoms with E-state index in [9.17, 15) is 4.79 Å². The Morgan fingerprint density at radius 1 is 1.06 bits per heavy atom. The van der Waals surface area contributed by atoms with Crippen LogP contribution >= 0.6 is 23.1 Å². The summed E-state index contributed by atoms with van der Waals surface area (Å²) in [6, 6.07) is 17.3. The maximum atomic E-state index is 12.6. The molecule has 1 amide bonds. The molecule has 36 heavy (non-hydrogen) atoms. The number of hydrogen-bond donors (Lipinski definition) is 1. The first kappa shape index (κ1) is 25.7. The molecular formula is C26H29N5O3S2. The van der Waals surface area contributed by atoms with Gasteiger partial charge in [-0.2, -0.15) is 0 Å². The van der Waals surface area contributed by atoms with Gasteiger partial charge in [-0.3, -0.25) is 4.79 Å². The predicted octanol–water partition coefficient (Wildman–Crippen LogP) is 5.94. The lowest BCUT2D eigenvalue weighted by Gasteiger charge is -2.18. The molecule has 0 saturated heterocycles. The zero-order valence-corrected chi connectivity index (χ0v) is 22.3. The fourth-order valence-corrected chi connectivity index (χ4v) is 5.00. The number of carbonyl (C=O) groups excluding carboxylic acids is 1. The van der Waals surface area contributed by atoms with E-state index < -0.39 is 0 Å². The second kappa shape index (κ2) is 12.0. The highest BCUT2D eigenvalue weighted by Crippen LogP contribution is 2.28. The Kier molecular flexibility index (Phi) is 8.61. The van der Waals surface area contributed by atoms with E-state index in [1.807, 2.05) is 71.5 Å². The molecule has 1 N–H and O–H groups in total. The van der Waals surface area contributed by atoms with Gasteiger partial charge in [0.2, 0.25) is 5.91 Å². The van der Waals surface area contributed by atoms with Crippen LogP contribution in [0.2, 0.25) is 0 Å². The van der Waals surface area contributed by atoms with Crippen LogP contribution in [0.15, 0.2) is 65.1 Å². The van der Waals surface area contributed by atoms with Gasteiger partial charge in [0.05, 0.1) is 18.6 Å². The van der Waals surface area contributed by atoms with Crippen molar-refractivity contribution in [3.8, 4) is 22.8 Å². The molecule has 0 saturated carbocycles. The van der Waals surface area contributed by atoms with E-state index in [4.69, 9.17) is 9.47 Å². The molecule has 0 aliphatic heterocycles. The largest absolute Gasteiger partial charge is 0.497 e. The van der Waals surface area contributed by atoms with Gasteiger partial charge < -0.3 is 19.4 Å². The van der Waals surface area contributed by atoms with E-state index in [1.54, 1.807) is 7.11 Å². The second-order valence-electron chi connectivity index (χ2n) is 8.52. The summed E-state index contributed by atoms with van der Waals surface area (Å²) in [6.07, 6.45) is -0.320. The van der Waals surface area contributed by atoms with Gasteiger partial charge in [0.15, 0.2) is 22.2 Å². The molecule has 188 valence electrons. The van der Waals surface area contributed by atoms with Crippen molar-refractivity contribution in [2.45, 2.75) is 38.6 Å². The van der Waals surface area contributed by atoms with Gasteiger partial charge in [0.25, 0.3) is 0 Å². The van der Waals surface area contributed by atoms with Gasteiger partial charge in [0, 0.05) is 17.5 Å². The van der Waals surface area contributed by atoms with E-state index in [1.165, 1.54) is 23.1 Å². The third-order valence-corrected chi connectivity index (χ3v) is 6.91. The molecule has 2 aromatic heterocycles. The van der Waals surface area contributed by atoms with E-state index in [2.05, 4.69) is 34.3 Å². The van der Waals surface area contributed by atoms with E-state index >= 15 is 0 Å². The first-order chi connectivity index (χ1) is 17.4. The van der Waals surface area contributed by atoms with Crippen LogP contribution < -0.4 is 14.8 Å². The van der Waals surface area contributed by atoms with Gasteiger partial charge in [-0.1, -0.05) is 55.9 Å². The van der Waals surface area contributed by atoms with Crippen LogP contribution in [-0.4, -0.2) is 38.5 Å². The van der Waals surface area contributed by atoms with Crippen LogP contribution in [0, 0.1) is 5.92 Å². The number of nitrogens with one attached hydrogen (secondary N) is 1. The molecule has 2 aromatic carbocycles. The third kappa shape index (κ3) is 6.64. The summed E-state index contributed by atoms with van der Waals surface area (Å²) in [5.74, 6) is 2.63. The number of hydrogen-bond acceptors (Lipinski definition) is 8. The van der Waals surface area contributed by atoms with Crippen molar-refractivity contribution in [3.05, 3.63) is 65.8 Å². The Morgan fingerprint density at radius 3 is 2.47 bits per heavy atom. The number of nitrogens with zero attached hydrogens (tertiary/aromatic N) is 4. The molecule has 0 radical (unpaired) electrons. The minimum Gasteiger partial charge on any atom is -0.497 e. The average Bonchev–Trinajstić information content (AvgIpc) is 3.50. The average molecular weight is 524 g/mol. The van der Waals surface area contributed by atoms with Crippen molar-refractivity contribution in [2.75, 3.05) is 18.2 Å². The van der Waals surface area contributed by atoms with Crippen molar-refractivity contribution in [3.63, 3.8) is 0 Å². The van der Waals surface area contributed by atoms with Gasteiger partial charge in [-0.05, 0) is 37.1 Å². The van der Waals surface area contributed by atoms with Crippen LogP contribution in [-0.2, 0) is 11.3 Å². The molecular weight excluding hydrogens is 494 g/mol. The van der Waals surface area contributed by atoms with Gasteiger partial charge in [0.1, 0.15) is 11.5 Å². The van der Waals surface area contributed by atoms with Crippen LogP contribution in [0.3, 0.4) is 0 Å². The molecule has 8 nitrogen and oxygen atoms in total. The molecule has 1 unspecified atom stereocenters. The minimum absolute atomic E-state index is 0.142. The number of ether oxygens (including phenoxy) is 2. The number of anilines is 1. The Bertz CT molecular complexity index is 1270. The number of thioether (sulfide) groups is 1. The normalized spacial score (nSPS) is 11.9. The number of aromatic nitrogens is 4. The monoisotopic (exact) mass is 523 g/mol. The van der Waals surface area contributed by atoms with E-state index in [-0.39, 0.29) is 17.8 Å². The zero-order valence-electron chi connectivity index (χ0n) is 20.7. The number of methoxy groups -OCH3 is 1. The maximum absolute atomic E-state index is 12.6. The summed E-state index contributed by atoms with van der Waals surface area (Å²) in [4.78, 5) is 17.2. The highest BCUT2D eigenvalue weighted by molar-refractivity contribution is 7.99. The van der Waals surface area contributed by atoms with Crippen molar-refractivity contribution in [1.82, 2.24) is 19.7 Å². The third-order valence-electron chi connectivity index (χ3n) is 5.18. The summed E-state index contributed by atoms with van der Waals surface area (Å²) >= 11 is 2.76. The molecule has 10 heteroatoms. The van der Waals surface area contributed by atoms with Gasteiger partial charge >= 0.3 is 0 Å². The lowest BCUT2D eigenvalue weighted by atomic mass is 10.2. The quantitative estimate of drug-likeness (QED) is 0.243. The van der Waals surface area contributed by atoms with Crippen molar-refractivity contribution < 1.29 is 14.3 Å². The molecule has 0 bridgehead atoms. The highest BCUT2D eigenvalue weighted by Gasteiger charge is 2.21. The summed E-state index contributed by atoms with van der Waals surface area (Å²) in [7, 11) is 1.63. The lowest BCUT2D eigenvalue weighted by Crippen LogP contribution is -2.17. The fourth-order valence-electron chi connectivity index (χ4n) is 3.51. The summed E-state index contributed by atoms with van der Waals surface area (Å²) in [5, 5.41) is 14.8. The number of thiazole rings is 1. The molecule has 4 aromatic rings. The smallest absolute Gasteiger partial charge is 0.236 e.